The maximum atomic E-state index is 12.7. The van der Waals surface area contributed by atoms with Gasteiger partial charge < -0.3 is 16.0 Å². The highest BCUT2D eigenvalue weighted by atomic mass is 32.1. The Bertz CT molecular complexity index is 1120. The number of urea groups is 1. The van der Waals surface area contributed by atoms with Gasteiger partial charge in [-0.15, -0.1) is 11.3 Å². The van der Waals surface area contributed by atoms with Gasteiger partial charge in [-0.2, -0.15) is 10.5 Å². The van der Waals surface area contributed by atoms with Crippen molar-refractivity contribution in [3.05, 3.63) is 65.0 Å². The Morgan fingerprint density at radius 3 is 2.57 bits per heavy atom. The summed E-state index contributed by atoms with van der Waals surface area (Å²) < 4.78 is 1.11. The fourth-order valence-electron chi connectivity index (χ4n) is 2.94. The van der Waals surface area contributed by atoms with Crippen LogP contribution in [0, 0.1) is 22.7 Å². The van der Waals surface area contributed by atoms with E-state index in [1.165, 1.54) is 0 Å². The number of nitriles is 2. The predicted molar refractivity (Wildman–Crippen MR) is 116 cm³/mol. The van der Waals surface area contributed by atoms with Gasteiger partial charge in [0.05, 0.1) is 24.1 Å². The molecule has 1 atom stereocenters. The van der Waals surface area contributed by atoms with Crippen molar-refractivity contribution in [2.75, 3.05) is 11.9 Å². The lowest BCUT2D eigenvalue weighted by Gasteiger charge is -2.18. The number of thiophene rings is 1. The Hall–Kier alpha value is -3.88. The van der Waals surface area contributed by atoms with Gasteiger partial charge in [-0.1, -0.05) is 18.2 Å². The van der Waals surface area contributed by atoms with Gasteiger partial charge in [-0.05, 0) is 46.7 Å². The molecular formula is C22H19N5O2S. The highest BCUT2D eigenvalue weighted by Crippen LogP contribution is 2.26. The van der Waals surface area contributed by atoms with Crippen molar-refractivity contribution in [3.8, 4) is 12.1 Å². The van der Waals surface area contributed by atoms with Crippen molar-refractivity contribution >= 4 is 39.0 Å². The van der Waals surface area contributed by atoms with Gasteiger partial charge in [-0.25, -0.2) is 4.79 Å². The molecule has 0 aliphatic rings. The molecule has 1 aromatic heterocycles. The second-order valence-electron chi connectivity index (χ2n) is 6.50. The van der Waals surface area contributed by atoms with Crippen molar-refractivity contribution in [2.24, 2.45) is 0 Å². The molecule has 150 valence electrons. The molecule has 3 aromatic rings. The number of benzene rings is 2. The first-order chi connectivity index (χ1) is 14.6. The molecule has 2 aromatic carbocycles. The first-order valence-electron chi connectivity index (χ1n) is 9.28. The summed E-state index contributed by atoms with van der Waals surface area (Å²) in [5, 5.41) is 28.7. The third kappa shape index (κ3) is 5.34. The van der Waals surface area contributed by atoms with E-state index in [1.54, 1.807) is 35.6 Å². The van der Waals surface area contributed by atoms with Gasteiger partial charge in [0.1, 0.15) is 6.04 Å². The molecule has 1 unspecified atom stereocenters. The number of nitrogens with zero attached hydrogens (tertiary/aromatic N) is 2. The second kappa shape index (κ2) is 10.1. The molecule has 0 saturated heterocycles. The third-order valence-electron chi connectivity index (χ3n) is 4.41. The highest BCUT2D eigenvalue weighted by molar-refractivity contribution is 7.17. The smallest absolute Gasteiger partial charge is 0.319 e. The fourth-order valence-corrected chi connectivity index (χ4v) is 3.91. The van der Waals surface area contributed by atoms with Crippen LogP contribution >= 0.6 is 11.3 Å². The minimum Gasteiger partial charge on any atom is -0.353 e. The van der Waals surface area contributed by atoms with E-state index in [0.717, 1.165) is 15.6 Å². The predicted octanol–water partition coefficient (Wildman–Crippen LogP) is 3.54. The van der Waals surface area contributed by atoms with Gasteiger partial charge >= 0.3 is 6.03 Å². The summed E-state index contributed by atoms with van der Waals surface area (Å²) in [4.78, 5) is 25.1. The molecule has 0 radical (unpaired) electrons. The van der Waals surface area contributed by atoms with Gasteiger partial charge in [0, 0.05) is 23.4 Å². The van der Waals surface area contributed by atoms with Crippen molar-refractivity contribution in [3.63, 3.8) is 0 Å². The molecule has 1 heterocycles. The summed E-state index contributed by atoms with van der Waals surface area (Å²) in [6.07, 6.45) is 0.514. The lowest BCUT2D eigenvalue weighted by molar-refractivity contribution is -0.122. The normalized spacial score (nSPS) is 11.1. The van der Waals surface area contributed by atoms with Gasteiger partial charge in [-0.3, -0.25) is 4.79 Å². The van der Waals surface area contributed by atoms with Crippen molar-refractivity contribution < 1.29 is 9.59 Å². The van der Waals surface area contributed by atoms with Gasteiger partial charge in [0.25, 0.3) is 0 Å². The number of fused-ring (bicyclic) bond motifs is 1. The van der Waals surface area contributed by atoms with Gasteiger partial charge in [0.2, 0.25) is 5.91 Å². The Kier molecular flexibility index (Phi) is 6.99. The molecule has 7 nitrogen and oxygen atoms in total. The molecule has 0 bridgehead atoms. The monoisotopic (exact) mass is 417 g/mol. The quantitative estimate of drug-likeness (QED) is 0.510. The van der Waals surface area contributed by atoms with Crippen LogP contribution in [0.4, 0.5) is 10.5 Å². The minimum atomic E-state index is -0.805. The van der Waals surface area contributed by atoms with Gasteiger partial charge in [0.15, 0.2) is 0 Å². The average Bonchev–Trinajstić information content (AvgIpc) is 3.17. The Morgan fingerprint density at radius 1 is 1.07 bits per heavy atom. The Labute approximate surface area is 177 Å². The van der Waals surface area contributed by atoms with Crippen LogP contribution in [0.1, 0.15) is 17.5 Å². The van der Waals surface area contributed by atoms with Crippen LogP contribution in [-0.2, 0) is 11.2 Å². The zero-order valence-corrected chi connectivity index (χ0v) is 16.8. The van der Waals surface area contributed by atoms with E-state index >= 15 is 0 Å². The molecule has 0 spiro atoms. The van der Waals surface area contributed by atoms with E-state index < -0.39 is 12.1 Å². The summed E-state index contributed by atoms with van der Waals surface area (Å²) in [5.74, 6) is -0.351. The lowest BCUT2D eigenvalue weighted by Crippen LogP contribution is -2.49. The topological polar surface area (TPSA) is 118 Å². The fraction of sp³-hybridized carbons (Fsp3) is 0.182. The molecule has 3 N–H and O–H groups in total. The zero-order chi connectivity index (χ0) is 21.3. The Morgan fingerprint density at radius 2 is 1.83 bits per heavy atom. The lowest BCUT2D eigenvalue weighted by atomic mass is 10.0. The van der Waals surface area contributed by atoms with Crippen LogP contribution in [0.2, 0.25) is 0 Å². The molecule has 8 heteroatoms. The van der Waals surface area contributed by atoms with Crippen LogP contribution in [-0.4, -0.2) is 24.5 Å². The van der Waals surface area contributed by atoms with Crippen LogP contribution in [0.3, 0.4) is 0 Å². The maximum Gasteiger partial charge on any atom is 0.319 e. The van der Waals surface area contributed by atoms with Crippen LogP contribution in [0.15, 0.2) is 53.9 Å². The van der Waals surface area contributed by atoms with Crippen molar-refractivity contribution in [2.45, 2.75) is 18.9 Å². The van der Waals surface area contributed by atoms with Crippen molar-refractivity contribution in [1.29, 1.82) is 10.5 Å². The molecule has 30 heavy (non-hydrogen) atoms. The number of hydrogen-bond acceptors (Lipinski definition) is 5. The Balaban J connectivity index is 1.73. The van der Waals surface area contributed by atoms with E-state index in [9.17, 15) is 9.59 Å². The molecule has 3 rings (SSSR count). The first kappa shape index (κ1) is 20.8. The third-order valence-corrected chi connectivity index (χ3v) is 5.43. The van der Waals surface area contributed by atoms with Crippen LogP contribution in [0.5, 0.6) is 0 Å². The molecule has 0 aliphatic heterocycles. The van der Waals surface area contributed by atoms with E-state index in [-0.39, 0.29) is 18.9 Å². The molecule has 0 aliphatic carbocycles. The summed E-state index contributed by atoms with van der Waals surface area (Å²) in [6.45, 7) is 0.217. The average molecular weight is 417 g/mol. The minimum absolute atomic E-state index is 0.192. The summed E-state index contributed by atoms with van der Waals surface area (Å²) >= 11 is 1.58. The highest BCUT2D eigenvalue weighted by Gasteiger charge is 2.22. The number of rotatable bonds is 7. The summed E-state index contributed by atoms with van der Waals surface area (Å²) in [5.41, 5.74) is 1.96. The standard InChI is InChI=1S/C22H19N5O2S/c23-10-3-11-25-21(28)19(12-16-14-30-20-5-2-1-4-18(16)20)27-22(29)26-17-8-6-15(13-24)7-9-17/h1-2,4-9,14,19H,3,11-12H2,(H,25,28)(H2,26,27,29). The van der Waals surface area contributed by atoms with Crippen LogP contribution in [0.25, 0.3) is 10.1 Å². The molecular weight excluding hydrogens is 398 g/mol. The number of anilines is 1. The molecule has 0 fully saturated rings. The number of carbonyl (C=O) groups is 2. The first-order valence-corrected chi connectivity index (χ1v) is 10.2. The number of nitrogens with one attached hydrogen (secondary N) is 3. The maximum absolute atomic E-state index is 12.7. The van der Waals surface area contributed by atoms with E-state index in [1.807, 2.05) is 41.8 Å². The van der Waals surface area contributed by atoms with E-state index in [0.29, 0.717) is 17.7 Å². The molecule has 3 amide bonds. The summed E-state index contributed by atoms with van der Waals surface area (Å²) in [7, 11) is 0. The zero-order valence-electron chi connectivity index (χ0n) is 16.0. The second-order valence-corrected chi connectivity index (χ2v) is 7.41. The number of hydrogen-bond donors (Lipinski definition) is 3. The SMILES string of the molecule is N#CCCNC(=O)C(Cc1csc2ccccc12)NC(=O)Nc1ccc(C#N)cc1. The van der Waals surface area contributed by atoms with E-state index in [4.69, 9.17) is 10.5 Å². The van der Waals surface area contributed by atoms with Crippen LogP contribution < -0.4 is 16.0 Å². The number of amides is 3. The summed E-state index contributed by atoms with van der Waals surface area (Å²) in [6, 6.07) is 17.0. The molecule has 0 saturated carbocycles. The largest absolute Gasteiger partial charge is 0.353 e. The van der Waals surface area contributed by atoms with Crippen molar-refractivity contribution in [1.82, 2.24) is 10.6 Å². The number of carbonyl (C=O) groups excluding carboxylic acids is 2. The van der Waals surface area contributed by atoms with E-state index in [2.05, 4.69) is 16.0 Å².